The number of carbonyl (C=O) groups excluding carboxylic acids is 1. The number of aliphatic hydroxyl groups is 1. The maximum absolute atomic E-state index is 11.1. The van der Waals surface area contributed by atoms with E-state index in [-0.39, 0.29) is 5.57 Å². The van der Waals surface area contributed by atoms with Gasteiger partial charge in [0.05, 0.1) is 5.57 Å². The maximum Gasteiger partial charge on any atom is 0.375 e. The normalized spacial score (nSPS) is 19.8. The zero-order valence-corrected chi connectivity index (χ0v) is 8.08. The van der Waals surface area contributed by atoms with Gasteiger partial charge in [-0.2, -0.15) is 0 Å². The van der Waals surface area contributed by atoms with Crippen LogP contribution in [0.2, 0.25) is 0 Å². The summed E-state index contributed by atoms with van der Waals surface area (Å²) in [5, 5.41) is 18.3. The zero-order valence-electron chi connectivity index (χ0n) is 8.08. The van der Waals surface area contributed by atoms with E-state index in [0.29, 0.717) is 5.56 Å². The number of aliphatic carboxylic acids is 1. The summed E-state index contributed by atoms with van der Waals surface area (Å²) in [6.07, 6.45) is -1.44. The standard InChI is InChI=1S/C11H8O5/c12-8-7(6-4-2-1-3-5-6)9(10(13)14)16-11(8)15/h1-5,9,12H,(H,13,14). The van der Waals surface area contributed by atoms with Crippen molar-refractivity contribution in [1.82, 2.24) is 0 Å². The molecule has 5 nitrogen and oxygen atoms in total. The number of ether oxygens (including phenoxy) is 1. The zero-order chi connectivity index (χ0) is 11.7. The lowest BCUT2D eigenvalue weighted by molar-refractivity contribution is -0.156. The van der Waals surface area contributed by atoms with E-state index in [4.69, 9.17) is 5.11 Å². The highest BCUT2D eigenvalue weighted by atomic mass is 16.6. The van der Waals surface area contributed by atoms with E-state index in [1.165, 1.54) is 0 Å². The molecule has 0 aromatic heterocycles. The predicted molar refractivity (Wildman–Crippen MR) is 53.5 cm³/mol. The first-order chi connectivity index (χ1) is 7.61. The third kappa shape index (κ3) is 1.52. The molecule has 16 heavy (non-hydrogen) atoms. The van der Waals surface area contributed by atoms with Crippen molar-refractivity contribution in [3.8, 4) is 0 Å². The Kier molecular flexibility index (Phi) is 2.36. The SMILES string of the molecule is O=C1OC(C(=O)O)C(c2ccccc2)=C1O. The van der Waals surface area contributed by atoms with Crippen LogP contribution in [-0.2, 0) is 14.3 Å². The Bertz CT molecular complexity index is 474. The summed E-state index contributed by atoms with van der Waals surface area (Å²) in [4.78, 5) is 21.9. The Balaban J connectivity index is 2.51. The molecular weight excluding hydrogens is 212 g/mol. The molecular formula is C11H8O5. The number of carboxylic acid groups (broad SMARTS) is 1. The van der Waals surface area contributed by atoms with Gasteiger partial charge in [-0.25, -0.2) is 9.59 Å². The highest BCUT2D eigenvalue weighted by Crippen LogP contribution is 2.30. The summed E-state index contributed by atoms with van der Waals surface area (Å²) < 4.78 is 4.54. The minimum Gasteiger partial charge on any atom is -0.502 e. The number of rotatable bonds is 2. The largest absolute Gasteiger partial charge is 0.502 e. The second kappa shape index (κ2) is 3.69. The van der Waals surface area contributed by atoms with Gasteiger partial charge in [-0.3, -0.25) is 0 Å². The van der Waals surface area contributed by atoms with Crippen molar-refractivity contribution in [2.75, 3.05) is 0 Å². The van der Waals surface area contributed by atoms with Crippen LogP contribution in [0.5, 0.6) is 0 Å². The second-order valence-corrected chi connectivity index (χ2v) is 3.25. The monoisotopic (exact) mass is 220 g/mol. The lowest BCUT2D eigenvalue weighted by atomic mass is 10.0. The molecule has 2 N–H and O–H groups in total. The van der Waals surface area contributed by atoms with Crippen LogP contribution in [0.1, 0.15) is 5.56 Å². The van der Waals surface area contributed by atoms with Gasteiger partial charge in [0.2, 0.25) is 11.9 Å². The molecule has 0 radical (unpaired) electrons. The molecule has 5 heteroatoms. The Morgan fingerprint density at radius 1 is 1.25 bits per heavy atom. The summed E-state index contributed by atoms with van der Waals surface area (Å²) in [6, 6.07) is 8.30. The molecule has 0 aliphatic carbocycles. The number of carbonyl (C=O) groups is 2. The number of hydrogen-bond acceptors (Lipinski definition) is 4. The Hall–Kier alpha value is -2.30. The summed E-state index contributed by atoms with van der Waals surface area (Å²) in [7, 11) is 0. The smallest absolute Gasteiger partial charge is 0.375 e. The molecule has 1 atom stereocenters. The topological polar surface area (TPSA) is 83.8 Å². The highest BCUT2D eigenvalue weighted by Gasteiger charge is 2.39. The molecule has 1 aromatic carbocycles. The van der Waals surface area contributed by atoms with E-state index in [1.54, 1.807) is 30.3 Å². The van der Waals surface area contributed by atoms with Gasteiger partial charge in [0.1, 0.15) is 0 Å². The van der Waals surface area contributed by atoms with Gasteiger partial charge in [0, 0.05) is 0 Å². The molecule has 1 aliphatic rings. The Labute approximate surface area is 90.6 Å². The lowest BCUT2D eigenvalue weighted by Crippen LogP contribution is -2.22. The van der Waals surface area contributed by atoms with Crippen LogP contribution in [0.15, 0.2) is 36.1 Å². The van der Waals surface area contributed by atoms with Gasteiger partial charge in [0.25, 0.3) is 0 Å². The molecule has 0 spiro atoms. The average Bonchev–Trinajstić information content (AvgIpc) is 2.57. The maximum atomic E-state index is 11.1. The molecule has 0 amide bonds. The molecule has 1 heterocycles. The third-order valence-electron chi connectivity index (χ3n) is 2.24. The van der Waals surface area contributed by atoms with Crippen LogP contribution in [0, 0.1) is 0 Å². The summed E-state index contributed by atoms with van der Waals surface area (Å²) in [6.45, 7) is 0. The summed E-state index contributed by atoms with van der Waals surface area (Å²) >= 11 is 0. The highest BCUT2D eigenvalue weighted by molar-refractivity contribution is 6.07. The first kappa shape index (κ1) is 10.2. The molecule has 2 rings (SSSR count). The van der Waals surface area contributed by atoms with Gasteiger partial charge in [-0.15, -0.1) is 0 Å². The molecule has 1 aliphatic heterocycles. The van der Waals surface area contributed by atoms with Gasteiger partial charge in [-0.1, -0.05) is 30.3 Å². The lowest BCUT2D eigenvalue weighted by Gasteiger charge is -2.08. The van der Waals surface area contributed by atoms with Gasteiger partial charge in [0.15, 0.2) is 0 Å². The fraction of sp³-hybridized carbons (Fsp3) is 0.0909. The molecule has 0 saturated heterocycles. The fourth-order valence-electron chi connectivity index (χ4n) is 1.54. The minimum absolute atomic E-state index is 0.00176. The number of aliphatic hydroxyl groups excluding tert-OH is 1. The number of cyclic esters (lactones) is 1. The number of benzene rings is 1. The minimum atomic E-state index is -1.44. The van der Waals surface area contributed by atoms with Gasteiger partial charge in [-0.05, 0) is 5.56 Å². The molecule has 1 unspecified atom stereocenters. The van der Waals surface area contributed by atoms with Crippen LogP contribution in [0.25, 0.3) is 5.57 Å². The van der Waals surface area contributed by atoms with Crippen LogP contribution in [-0.4, -0.2) is 28.3 Å². The van der Waals surface area contributed by atoms with Gasteiger partial charge < -0.3 is 14.9 Å². The van der Waals surface area contributed by atoms with E-state index < -0.39 is 23.8 Å². The van der Waals surface area contributed by atoms with Crippen molar-refractivity contribution in [3.05, 3.63) is 41.7 Å². The third-order valence-corrected chi connectivity index (χ3v) is 2.24. The van der Waals surface area contributed by atoms with Crippen molar-refractivity contribution in [1.29, 1.82) is 0 Å². The molecule has 0 fully saturated rings. The number of esters is 1. The quantitative estimate of drug-likeness (QED) is 0.725. The summed E-state index contributed by atoms with van der Waals surface area (Å²) in [5.41, 5.74) is 0.455. The predicted octanol–water partition coefficient (Wildman–Crippen LogP) is 0.966. The summed E-state index contributed by atoms with van der Waals surface area (Å²) in [5.74, 6) is -2.96. The van der Waals surface area contributed by atoms with Crippen LogP contribution < -0.4 is 0 Å². The second-order valence-electron chi connectivity index (χ2n) is 3.25. The van der Waals surface area contributed by atoms with Crippen molar-refractivity contribution >= 4 is 17.5 Å². The molecule has 0 saturated carbocycles. The number of carboxylic acids is 1. The average molecular weight is 220 g/mol. The van der Waals surface area contributed by atoms with Crippen LogP contribution in [0.3, 0.4) is 0 Å². The van der Waals surface area contributed by atoms with E-state index >= 15 is 0 Å². The van der Waals surface area contributed by atoms with Crippen LogP contribution >= 0.6 is 0 Å². The Morgan fingerprint density at radius 3 is 2.44 bits per heavy atom. The number of hydrogen-bond donors (Lipinski definition) is 2. The van der Waals surface area contributed by atoms with E-state index in [2.05, 4.69) is 4.74 Å². The van der Waals surface area contributed by atoms with Crippen molar-refractivity contribution < 1.29 is 24.5 Å². The van der Waals surface area contributed by atoms with E-state index in [1.807, 2.05) is 0 Å². The van der Waals surface area contributed by atoms with Gasteiger partial charge >= 0.3 is 11.9 Å². The van der Waals surface area contributed by atoms with Crippen molar-refractivity contribution in [2.24, 2.45) is 0 Å². The van der Waals surface area contributed by atoms with Crippen molar-refractivity contribution in [2.45, 2.75) is 6.10 Å². The van der Waals surface area contributed by atoms with E-state index in [0.717, 1.165) is 0 Å². The fourth-order valence-corrected chi connectivity index (χ4v) is 1.54. The Morgan fingerprint density at radius 2 is 1.88 bits per heavy atom. The first-order valence-corrected chi connectivity index (χ1v) is 4.53. The first-order valence-electron chi connectivity index (χ1n) is 4.53. The molecule has 82 valence electrons. The van der Waals surface area contributed by atoms with E-state index in [9.17, 15) is 14.7 Å². The van der Waals surface area contributed by atoms with Crippen molar-refractivity contribution in [3.63, 3.8) is 0 Å². The molecule has 0 bridgehead atoms. The van der Waals surface area contributed by atoms with Crippen LogP contribution in [0.4, 0.5) is 0 Å². The molecule has 1 aromatic rings.